The van der Waals surface area contributed by atoms with E-state index in [-0.39, 0.29) is 0 Å². The summed E-state index contributed by atoms with van der Waals surface area (Å²) in [5, 5.41) is 0. The van der Waals surface area contributed by atoms with Crippen molar-refractivity contribution in [3.63, 3.8) is 0 Å². The van der Waals surface area contributed by atoms with Crippen LogP contribution in [0, 0.1) is 27.7 Å². The number of ether oxygens (including phenoxy) is 1. The van der Waals surface area contributed by atoms with Gasteiger partial charge >= 0.3 is 0 Å². The Balaban J connectivity index is 2.83. The van der Waals surface area contributed by atoms with Crippen LogP contribution in [-0.4, -0.2) is 17.1 Å². The highest BCUT2D eigenvalue weighted by Crippen LogP contribution is 2.41. The lowest BCUT2D eigenvalue weighted by molar-refractivity contribution is 0.412. The number of nitrogens with zero attached hydrogens (tertiary/aromatic N) is 2. The molecule has 0 bridgehead atoms. The molecule has 0 aliphatic carbocycles. The third-order valence-electron chi connectivity index (χ3n) is 3.40. The van der Waals surface area contributed by atoms with Gasteiger partial charge in [0.2, 0.25) is 0 Å². The zero-order valence-corrected chi connectivity index (χ0v) is 13.4. The molecule has 0 aliphatic heterocycles. The number of methoxy groups -OCH3 is 1. The summed E-state index contributed by atoms with van der Waals surface area (Å²) >= 11 is 3.66. The Morgan fingerprint density at radius 2 is 1.74 bits per heavy atom. The van der Waals surface area contributed by atoms with E-state index in [0.717, 1.165) is 38.4 Å². The molecule has 1 heterocycles. The van der Waals surface area contributed by atoms with Gasteiger partial charge in [-0.25, -0.2) is 9.97 Å². The standard InChI is InChI=1S/C15H17BrN2O/c1-8-9(2)15(19-5)13(10(3)14(8)16)12-6-7-17-11(4)18-12/h6-7H,1-5H3. The fourth-order valence-electron chi connectivity index (χ4n) is 2.24. The van der Waals surface area contributed by atoms with Crippen LogP contribution in [0.5, 0.6) is 5.75 Å². The molecule has 0 N–H and O–H groups in total. The Kier molecular flexibility index (Phi) is 3.90. The van der Waals surface area contributed by atoms with Crippen LogP contribution >= 0.6 is 15.9 Å². The largest absolute Gasteiger partial charge is 0.496 e. The van der Waals surface area contributed by atoms with Crippen LogP contribution in [0.25, 0.3) is 11.3 Å². The molecular weight excluding hydrogens is 304 g/mol. The van der Waals surface area contributed by atoms with Crippen molar-refractivity contribution in [3.05, 3.63) is 39.3 Å². The lowest BCUT2D eigenvalue weighted by Crippen LogP contribution is -2.01. The van der Waals surface area contributed by atoms with Crippen molar-refractivity contribution < 1.29 is 4.74 Å². The lowest BCUT2D eigenvalue weighted by Gasteiger charge is -2.18. The molecule has 0 fully saturated rings. The number of hydrogen-bond acceptors (Lipinski definition) is 3. The number of halogens is 1. The van der Waals surface area contributed by atoms with E-state index in [2.05, 4.69) is 46.7 Å². The molecule has 2 aromatic rings. The second-order valence-corrected chi connectivity index (χ2v) is 5.38. The molecule has 0 saturated heterocycles. The van der Waals surface area contributed by atoms with Crippen molar-refractivity contribution in [1.29, 1.82) is 0 Å². The van der Waals surface area contributed by atoms with Gasteiger partial charge in [-0.05, 0) is 50.5 Å². The van der Waals surface area contributed by atoms with E-state index in [0.29, 0.717) is 0 Å². The first-order valence-corrected chi connectivity index (χ1v) is 6.90. The Bertz CT molecular complexity index is 639. The molecule has 0 amide bonds. The Morgan fingerprint density at radius 3 is 2.32 bits per heavy atom. The van der Waals surface area contributed by atoms with Crippen molar-refractivity contribution >= 4 is 15.9 Å². The van der Waals surface area contributed by atoms with Crippen molar-refractivity contribution in [2.45, 2.75) is 27.7 Å². The van der Waals surface area contributed by atoms with Crippen LogP contribution in [0.2, 0.25) is 0 Å². The topological polar surface area (TPSA) is 35.0 Å². The number of aromatic nitrogens is 2. The normalized spacial score (nSPS) is 10.6. The number of benzene rings is 1. The van der Waals surface area contributed by atoms with Gasteiger partial charge in [0.25, 0.3) is 0 Å². The summed E-state index contributed by atoms with van der Waals surface area (Å²) in [5.74, 6) is 1.64. The summed E-state index contributed by atoms with van der Waals surface area (Å²) < 4.78 is 6.71. The summed E-state index contributed by atoms with van der Waals surface area (Å²) in [6, 6.07) is 1.92. The summed E-state index contributed by atoms with van der Waals surface area (Å²) in [5.41, 5.74) is 5.39. The third-order valence-corrected chi connectivity index (χ3v) is 4.59. The fraction of sp³-hybridized carbons (Fsp3) is 0.333. The van der Waals surface area contributed by atoms with Crippen molar-refractivity contribution in [2.24, 2.45) is 0 Å². The SMILES string of the molecule is COc1c(C)c(C)c(Br)c(C)c1-c1ccnc(C)n1. The second kappa shape index (κ2) is 5.29. The number of aryl methyl sites for hydroxylation is 1. The van der Waals surface area contributed by atoms with Gasteiger partial charge in [-0.1, -0.05) is 15.9 Å². The zero-order chi connectivity index (χ0) is 14.2. The van der Waals surface area contributed by atoms with E-state index in [4.69, 9.17) is 4.74 Å². The third kappa shape index (κ3) is 2.37. The van der Waals surface area contributed by atoms with Crippen molar-refractivity contribution in [1.82, 2.24) is 9.97 Å². The first kappa shape index (κ1) is 14.0. The molecule has 0 atom stereocenters. The molecule has 1 aromatic carbocycles. The Labute approximate surface area is 122 Å². The minimum atomic E-state index is 0.758. The predicted octanol–water partition coefficient (Wildman–Crippen LogP) is 4.15. The highest BCUT2D eigenvalue weighted by molar-refractivity contribution is 9.10. The van der Waals surface area contributed by atoms with Crippen molar-refractivity contribution in [3.8, 4) is 17.0 Å². The van der Waals surface area contributed by atoms with Crippen LogP contribution < -0.4 is 4.74 Å². The molecule has 2 rings (SSSR count). The molecule has 100 valence electrons. The molecule has 4 heteroatoms. The maximum Gasteiger partial charge on any atom is 0.131 e. The smallest absolute Gasteiger partial charge is 0.131 e. The molecule has 3 nitrogen and oxygen atoms in total. The molecule has 0 saturated carbocycles. The molecule has 0 radical (unpaired) electrons. The molecule has 0 spiro atoms. The first-order chi connectivity index (χ1) is 8.97. The average Bonchev–Trinajstić information content (AvgIpc) is 2.40. The second-order valence-electron chi connectivity index (χ2n) is 4.59. The van der Waals surface area contributed by atoms with Gasteiger partial charge in [0, 0.05) is 16.2 Å². The van der Waals surface area contributed by atoms with Gasteiger partial charge in [-0.2, -0.15) is 0 Å². The van der Waals surface area contributed by atoms with E-state index in [1.54, 1.807) is 13.3 Å². The van der Waals surface area contributed by atoms with Gasteiger partial charge < -0.3 is 4.74 Å². The fourth-order valence-corrected chi connectivity index (χ4v) is 2.74. The quantitative estimate of drug-likeness (QED) is 0.833. The highest BCUT2D eigenvalue weighted by Gasteiger charge is 2.19. The van der Waals surface area contributed by atoms with E-state index < -0.39 is 0 Å². The van der Waals surface area contributed by atoms with Gasteiger partial charge in [-0.15, -0.1) is 0 Å². The Morgan fingerprint density at radius 1 is 1.05 bits per heavy atom. The summed E-state index contributed by atoms with van der Waals surface area (Å²) in [4.78, 5) is 8.66. The lowest BCUT2D eigenvalue weighted by atomic mass is 9.96. The molecule has 1 aromatic heterocycles. The maximum atomic E-state index is 5.61. The van der Waals surface area contributed by atoms with Gasteiger partial charge in [0.05, 0.1) is 12.8 Å². The minimum absolute atomic E-state index is 0.758. The first-order valence-electron chi connectivity index (χ1n) is 6.10. The van der Waals surface area contributed by atoms with Crippen LogP contribution in [0.4, 0.5) is 0 Å². The molecule has 19 heavy (non-hydrogen) atoms. The van der Waals surface area contributed by atoms with Gasteiger partial charge in [0.1, 0.15) is 11.6 Å². The van der Waals surface area contributed by atoms with Gasteiger partial charge in [-0.3, -0.25) is 0 Å². The number of rotatable bonds is 2. The zero-order valence-electron chi connectivity index (χ0n) is 11.8. The Hall–Kier alpha value is -1.42. The van der Waals surface area contributed by atoms with E-state index in [9.17, 15) is 0 Å². The van der Waals surface area contributed by atoms with Crippen LogP contribution in [0.15, 0.2) is 16.7 Å². The minimum Gasteiger partial charge on any atom is -0.496 e. The summed E-state index contributed by atoms with van der Waals surface area (Å²) in [7, 11) is 1.70. The summed E-state index contributed by atoms with van der Waals surface area (Å²) in [6.07, 6.45) is 1.78. The molecular formula is C15H17BrN2O. The predicted molar refractivity (Wildman–Crippen MR) is 80.7 cm³/mol. The monoisotopic (exact) mass is 320 g/mol. The molecule has 0 aliphatic rings. The van der Waals surface area contributed by atoms with Gasteiger partial charge in [0.15, 0.2) is 0 Å². The van der Waals surface area contributed by atoms with E-state index in [1.807, 2.05) is 13.0 Å². The van der Waals surface area contributed by atoms with E-state index in [1.165, 1.54) is 5.56 Å². The number of hydrogen-bond donors (Lipinski definition) is 0. The molecule has 0 unspecified atom stereocenters. The van der Waals surface area contributed by atoms with Crippen LogP contribution in [0.1, 0.15) is 22.5 Å². The van der Waals surface area contributed by atoms with Crippen LogP contribution in [-0.2, 0) is 0 Å². The van der Waals surface area contributed by atoms with Crippen molar-refractivity contribution in [2.75, 3.05) is 7.11 Å². The average molecular weight is 321 g/mol. The maximum absolute atomic E-state index is 5.61. The highest BCUT2D eigenvalue weighted by atomic mass is 79.9. The van der Waals surface area contributed by atoms with E-state index >= 15 is 0 Å². The summed E-state index contributed by atoms with van der Waals surface area (Å²) in [6.45, 7) is 8.12. The van der Waals surface area contributed by atoms with Crippen LogP contribution in [0.3, 0.4) is 0 Å².